The van der Waals surface area contributed by atoms with Crippen molar-refractivity contribution in [2.75, 3.05) is 52.0 Å². The van der Waals surface area contributed by atoms with E-state index in [-0.39, 0.29) is 49.2 Å². The Morgan fingerprint density at radius 2 is 1.97 bits per heavy atom. The van der Waals surface area contributed by atoms with E-state index in [1.54, 1.807) is 39.3 Å². The number of amides is 3. The number of nitrogens with zero attached hydrogens (tertiary/aromatic N) is 2. The number of likely N-dealkylation sites (N-methyl/N-ethyl adjacent to an activating group) is 1. The van der Waals surface area contributed by atoms with Gasteiger partial charge >= 0.3 is 6.03 Å². The summed E-state index contributed by atoms with van der Waals surface area (Å²) in [6.45, 7) is 6.72. The summed E-state index contributed by atoms with van der Waals surface area (Å²) in [5, 5.41) is 5.45. The molecule has 33 heavy (non-hydrogen) atoms. The standard InChI is InChI=1S/C22H36N4O6S/c1-7-10-23-22(28)24-17-8-9-19-18(11-17)21(27)25(4)13-20(31-5)15(2)12-26(33(6,29)30)16(3)14-32-19/h8-9,11,15-16,20H,7,10,12-14H2,1-6H3,(H2,23,24,28)/t15-,16+,20+/m0/s1. The molecule has 0 fully saturated rings. The lowest BCUT2D eigenvalue weighted by Crippen LogP contribution is -2.48. The Morgan fingerprint density at radius 1 is 1.27 bits per heavy atom. The Balaban J connectivity index is 2.43. The molecule has 1 aliphatic heterocycles. The largest absolute Gasteiger partial charge is 0.491 e. The van der Waals surface area contributed by atoms with Crippen LogP contribution >= 0.6 is 0 Å². The first kappa shape index (κ1) is 26.9. The van der Waals surface area contributed by atoms with Crippen LogP contribution in [0.15, 0.2) is 18.2 Å². The first-order valence-corrected chi connectivity index (χ1v) is 12.9. The predicted octanol–water partition coefficient (Wildman–Crippen LogP) is 1.98. The van der Waals surface area contributed by atoms with Crippen LogP contribution in [0.4, 0.5) is 10.5 Å². The highest BCUT2D eigenvalue weighted by Crippen LogP contribution is 2.26. The lowest BCUT2D eigenvalue weighted by atomic mass is 10.0. The minimum Gasteiger partial charge on any atom is -0.491 e. The first-order chi connectivity index (χ1) is 15.5. The topological polar surface area (TPSA) is 117 Å². The number of hydrogen-bond acceptors (Lipinski definition) is 6. The molecule has 10 nitrogen and oxygen atoms in total. The van der Waals surface area contributed by atoms with Gasteiger partial charge in [0.05, 0.1) is 24.0 Å². The first-order valence-electron chi connectivity index (χ1n) is 11.0. The molecule has 2 rings (SSSR count). The molecule has 2 N–H and O–H groups in total. The molecule has 1 heterocycles. The van der Waals surface area contributed by atoms with Crippen LogP contribution < -0.4 is 15.4 Å². The van der Waals surface area contributed by atoms with Crippen LogP contribution in [-0.4, -0.2) is 88.4 Å². The summed E-state index contributed by atoms with van der Waals surface area (Å²) in [5.74, 6) is -0.143. The van der Waals surface area contributed by atoms with Crippen LogP contribution in [0.3, 0.4) is 0 Å². The number of anilines is 1. The van der Waals surface area contributed by atoms with Crippen molar-refractivity contribution in [3.63, 3.8) is 0 Å². The third-order valence-corrected chi connectivity index (χ3v) is 6.97. The Kier molecular flexibility index (Phi) is 9.50. The fraction of sp³-hybridized carbons (Fsp3) is 0.636. The van der Waals surface area contributed by atoms with Crippen molar-refractivity contribution in [1.29, 1.82) is 0 Å². The van der Waals surface area contributed by atoms with Crippen LogP contribution in [0.1, 0.15) is 37.6 Å². The van der Waals surface area contributed by atoms with E-state index in [1.807, 2.05) is 13.8 Å². The van der Waals surface area contributed by atoms with Gasteiger partial charge in [-0.3, -0.25) is 4.79 Å². The zero-order chi connectivity index (χ0) is 24.8. The second-order valence-electron chi connectivity index (χ2n) is 8.52. The molecule has 3 atom stereocenters. The van der Waals surface area contributed by atoms with Gasteiger partial charge in [-0.05, 0) is 37.5 Å². The molecule has 0 bridgehead atoms. The van der Waals surface area contributed by atoms with Crippen molar-refractivity contribution >= 4 is 27.6 Å². The van der Waals surface area contributed by atoms with Gasteiger partial charge in [0.1, 0.15) is 12.4 Å². The van der Waals surface area contributed by atoms with Crippen LogP contribution in [0.5, 0.6) is 5.75 Å². The lowest BCUT2D eigenvalue weighted by Gasteiger charge is -2.34. The summed E-state index contributed by atoms with van der Waals surface area (Å²) >= 11 is 0. The smallest absolute Gasteiger partial charge is 0.319 e. The summed E-state index contributed by atoms with van der Waals surface area (Å²) in [5.41, 5.74) is 0.717. The molecule has 0 saturated heterocycles. The molecule has 0 unspecified atom stereocenters. The summed E-state index contributed by atoms with van der Waals surface area (Å²) in [6.07, 6.45) is 1.60. The molecule has 0 saturated carbocycles. The van der Waals surface area contributed by atoms with Crippen molar-refractivity contribution in [1.82, 2.24) is 14.5 Å². The molecule has 0 radical (unpaired) electrons. The van der Waals surface area contributed by atoms with Crippen LogP contribution in [-0.2, 0) is 14.8 Å². The SMILES string of the molecule is CCCNC(=O)Nc1ccc2c(c1)C(=O)N(C)C[C@@H](OC)[C@@H](C)CN(S(C)(=O)=O)[C@H](C)CO2. The number of ether oxygens (including phenoxy) is 2. The van der Waals surface area contributed by atoms with Gasteiger partial charge in [-0.15, -0.1) is 0 Å². The van der Waals surface area contributed by atoms with E-state index < -0.39 is 16.1 Å². The van der Waals surface area contributed by atoms with Crippen LogP contribution in [0.2, 0.25) is 0 Å². The quantitative estimate of drug-likeness (QED) is 0.660. The summed E-state index contributed by atoms with van der Waals surface area (Å²) in [7, 11) is -0.292. The van der Waals surface area contributed by atoms with E-state index in [0.29, 0.717) is 18.0 Å². The summed E-state index contributed by atoms with van der Waals surface area (Å²) in [4.78, 5) is 26.9. The third kappa shape index (κ3) is 7.31. The fourth-order valence-electron chi connectivity index (χ4n) is 3.70. The van der Waals surface area contributed by atoms with Crippen molar-refractivity contribution in [3.05, 3.63) is 23.8 Å². The predicted molar refractivity (Wildman–Crippen MR) is 127 cm³/mol. The number of nitrogens with one attached hydrogen (secondary N) is 2. The Morgan fingerprint density at radius 3 is 2.58 bits per heavy atom. The zero-order valence-corrected chi connectivity index (χ0v) is 21.1. The average Bonchev–Trinajstić information content (AvgIpc) is 2.76. The van der Waals surface area contributed by atoms with Crippen molar-refractivity contribution in [2.24, 2.45) is 5.92 Å². The second-order valence-corrected chi connectivity index (χ2v) is 10.5. The van der Waals surface area contributed by atoms with Gasteiger partial charge in [-0.25, -0.2) is 13.2 Å². The average molecular weight is 485 g/mol. The minimum absolute atomic E-state index is 0.0607. The fourth-order valence-corrected chi connectivity index (χ4v) is 4.92. The molecule has 11 heteroatoms. The zero-order valence-electron chi connectivity index (χ0n) is 20.3. The molecule has 186 valence electrons. The van der Waals surface area contributed by atoms with E-state index in [0.717, 1.165) is 6.42 Å². The third-order valence-electron chi connectivity index (χ3n) is 5.61. The number of carbonyl (C=O) groups excluding carboxylic acids is 2. The number of benzene rings is 1. The Hall–Kier alpha value is -2.37. The number of hydrogen-bond donors (Lipinski definition) is 2. The van der Waals surface area contributed by atoms with E-state index in [4.69, 9.17) is 9.47 Å². The van der Waals surface area contributed by atoms with E-state index in [2.05, 4.69) is 10.6 Å². The minimum atomic E-state index is -3.50. The monoisotopic (exact) mass is 484 g/mol. The number of carbonyl (C=O) groups is 2. The van der Waals surface area contributed by atoms with Gasteiger partial charge < -0.3 is 25.0 Å². The molecule has 0 aromatic heterocycles. The maximum atomic E-state index is 13.3. The molecule has 1 aromatic rings. The molecular weight excluding hydrogens is 448 g/mol. The lowest BCUT2D eigenvalue weighted by molar-refractivity contribution is 0.0213. The number of fused-ring (bicyclic) bond motifs is 1. The van der Waals surface area contributed by atoms with Gasteiger partial charge in [0.15, 0.2) is 0 Å². The van der Waals surface area contributed by atoms with E-state index >= 15 is 0 Å². The van der Waals surface area contributed by atoms with Gasteiger partial charge in [0, 0.05) is 39.5 Å². The van der Waals surface area contributed by atoms with Crippen molar-refractivity contribution in [3.8, 4) is 5.75 Å². The number of urea groups is 1. The Labute approximate surface area is 196 Å². The summed E-state index contributed by atoms with van der Waals surface area (Å²) in [6, 6.07) is 3.99. The summed E-state index contributed by atoms with van der Waals surface area (Å²) < 4.78 is 37.8. The maximum Gasteiger partial charge on any atom is 0.319 e. The normalized spacial score (nSPS) is 23.0. The van der Waals surface area contributed by atoms with Crippen LogP contribution in [0.25, 0.3) is 0 Å². The molecule has 0 spiro atoms. The molecule has 1 aromatic carbocycles. The highest BCUT2D eigenvalue weighted by atomic mass is 32.2. The van der Waals surface area contributed by atoms with Crippen LogP contribution in [0, 0.1) is 5.92 Å². The molecule has 3 amide bonds. The van der Waals surface area contributed by atoms with Crippen molar-refractivity contribution in [2.45, 2.75) is 39.3 Å². The van der Waals surface area contributed by atoms with Gasteiger partial charge in [0.25, 0.3) is 5.91 Å². The van der Waals surface area contributed by atoms with Gasteiger partial charge in [-0.1, -0.05) is 13.8 Å². The molecule has 1 aliphatic rings. The number of methoxy groups -OCH3 is 1. The van der Waals surface area contributed by atoms with E-state index in [1.165, 1.54) is 15.5 Å². The molecule has 0 aliphatic carbocycles. The number of sulfonamides is 1. The van der Waals surface area contributed by atoms with E-state index in [9.17, 15) is 18.0 Å². The Bertz CT molecular complexity index is 939. The van der Waals surface area contributed by atoms with Gasteiger partial charge in [0.2, 0.25) is 10.0 Å². The maximum absolute atomic E-state index is 13.3. The highest BCUT2D eigenvalue weighted by molar-refractivity contribution is 7.88. The van der Waals surface area contributed by atoms with Crippen molar-refractivity contribution < 1.29 is 27.5 Å². The van der Waals surface area contributed by atoms with Gasteiger partial charge in [-0.2, -0.15) is 4.31 Å². The number of rotatable bonds is 5. The second kappa shape index (κ2) is 11.7. The highest BCUT2D eigenvalue weighted by Gasteiger charge is 2.32. The molecular formula is C22H36N4O6S.